The fraction of sp³-hybridized carbons (Fsp3) is 0.0833. The largest absolute Gasteiger partial charge is 0.465 e. The summed E-state index contributed by atoms with van der Waals surface area (Å²) in [5.74, 6) is -0.416. The summed E-state index contributed by atoms with van der Waals surface area (Å²) in [5, 5.41) is 0.650. The first kappa shape index (κ1) is 13.6. The number of benzene rings is 1. The monoisotopic (exact) mass is 393 g/mol. The third-order valence-electron chi connectivity index (χ3n) is 2.33. The Morgan fingerprint density at radius 2 is 2.17 bits per heavy atom. The molecule has 1 heterocycles. The number of thiophene rings is 1. The molecule has 0 aliphatic carbocycles. The molecule has 0 unspecified atom stereocenters. The molecule has 0 amide bonds. The maximum absolute atomic E-state index is 11.5. The van der Waals surface area contributed by atoms with E-state index >= 15 is 0 Å². The van der Waals surface area contributed by atoms with Gasteiger partial charge in [-0.05, 0) is 46.9 Å². The van der Waals surface area contributed by atoms with Crippen LogP contribution < -0.4 is 5.73 Å². The molecule has 3 nitrogen and oxygen atoms in total. The van der Waals surface area contributed by atoms with E-state index in [2.05, 4.69) is 27.3 Å². The Hall–Kier alpha value is -0.790. The molecule has 0 saturated carbocycles. The standard InChI is InChI=1S/C12H9ClINO2S/c1-17-12(16)11-9(15)5-10(18-11)7-4-6(13)2-3-8(7)14/h2-5H,15H2,1H3. The molecule has 94 valence electrons. The third kappa shape index (κ3) is 2.62. The molecule has 0 radical (unpaired) electrons. The van der Waals surface area contributed by atoms with Gasteiger partial charge in [0, 0.05) is 19.0 Å². The lowest BCUT2D eigenvalue weighted by Crippen LogP contribution is -2.00. The number of nitrogens with two attached hydrogens (primary N) is 1. The van der Waals surface area contributed by atoms with E-state index in [4.69, 9.17) is 17.3 Å². The van der Waals surface area contributed by atoms with Crippen molar-refractivity contribution in [2.24, 2.45) is 0 Å². The average Bonchev–Trinajstić information content (AvgIpc) is 2.73. The SMILES string of the molecule is COC(=O)c1sc(-c2cc(Cl)ccc2I)cc1N. The maximum atomic E-state index is 11.5. The quantitative estimate of drug-likeness (QED) is 0.619. The van der Waals surface area contributed by atoms with Crippen LogP contribution in [0.15, 0.2) is 24.3 Å². The lowest BCUT2D eigenvalue weighted by Gasteiger charge is -2.01. The number of hydrogen-bond donors (Lipinski definition) is 1. The van der Waals surface area contributed by atoms with Crippen LogP contribution in [0.1, 0.15) is 9.67 Å². The van der Waals surface area contributed by atoms with Crippen molar-refractivity contribution in [1.82, 2.24) is 0 Å². The van der Waals surface area contributed by atoms with Gasteiger partial charge < -0.3 is 10.5 Å². The lowest BCUT2D eigenvalue weighted by molar-refractivity contribution is 0.0607. The summed E-state index contributed by atoms with van der Waals surface area (Å²) in [6, 6.07) is 7.37. The van der Waals surface area contributed by atoms with Crippen molar-refractivity contribution in [2.45, 2.75) is 0 Å². The Bertz CT molecular complexity index is 612. The van der Waals surface area contributed by atoms with E-state index in [9.17, 15) is 4.79 Å². The van der Waals surface area contributed by atoms with E-state index in [-0.39, 0.29) is 0 Å². The van der Waals surface area contributed by atoms with Gasteiger partial charge in [-0.1, -0.05) is 11.6 Å². The highest BCUT2D eigenvalue weighted by Crippen LogP contribution is 2.37. The predicted octanol–water partition coefficient (Wildman–Crippen LogP) is 4.04. The van der Waals surface area contributed by atoms with E-state index in [1.807, 2.05) is 18.2 Å². The second kappa shape index (κ2) is 5.46. The van der Waals surface area contributed by atoms with Crippen LogP contribution in [0.2, 0.25) is 5.02 Å². The van der Waals surface area contributed by atoms with E-state index in [0.29, 0.717) is 15.6 Å². The summed E-state index contributed by atoms with van der Waals surface area (Å²) in [7, 11) is 1.34. The van der Waals surface area contributed by atoms with Crippen molar-refractivity contribution in [3.8, 4) is 10.4 Å². The molecule has 0 spiro atoms. The second-order valence-electron chi connectivity index (χ2n) is 3.51. The van der Waals surface area contributed by atoms with E-state index in [1.54, 1.807) is 6.07 Å². The molecule has 0 aliphatic heterocycles. The van der Waals surface area contributed by atoms with Gasteiger partial charge in [-0.2, -0.15) is 0 Å². The van der Waals surface area contributed by atoms with Gasteiger partial charge in [-0.15, -0.1) is 11.3 Å². The van der Waals surface area contributed by atoms with Gasteiger partial charge in [0.2, 0.25) is 0 Å². The van der Waals surface area contributed by atoms with Crippen molar-refractivity contribution >= 4 is 57.2 Å². The van der Waals surface area contributed by atoms with Crippen LogP contribution in [-0.4, -0.2) is 13.1 Å². The van der Waals surface area contributed by atoms with Crippen molar-refractivity contribution in [3.05, 3.63) is 37.7 Å². The fourth-order valence-electron chi connectivity index (χ4n) is 1.48. The summed E-state index contributed by atoms with van der Waals surface area (Å²) in [5.41, 5.74) is 7.21. The molecule has 0 aliphatic rings. The minimum absolute atomic E-state index is 0.416. The molecule has 0 atom stereocenters. The van der Waals surface area contributed by atoms with Gasteiger partial charge in [0.1, 0.15) is 4.88 Å². The molecule has 6 heteroatoms. The molecule has 2 aromatic rings. The maximum Gasteiger partial charge on any atom is 0.350 e. The molecule has 0 bridgehead atoms. The number of carbonyl (C=O) groups is 1. The molecular weight excluding hydrogens is 385 g/mol. The van der Waals surface area contributed by atoms with E-state index in [0.717, 1.165) is 14.0 Å². The van der Waals surface area contributed by atoms with Crippen molar-refractivity contribution in [1.29, 1.82) is 0 Å². The zero-order chi connectivity index (χ0) is 13.3. The van der Waals surface area contributed by atoms with Crippen molar-refractivity contribution < 1.29 is 9.53 Å². The van der Waals surface area contributed by atoms with Crippen LogP contribution in [0.3, 0.4) is 0 Å². The lowest BCUT2D eigenvalue weighted by atomic mass is 10.2. The van der Waals surface area contributed by atoms with Crippen LogP contribution in [0.5, 0.6) is 0 Å². The minimum Gasteiger partial charge on any atom is -0.465 e. The average molecular weight is 394 g/mol. The van der Waals surface area contributed by atoms with Crippen LogP contribution in [0.4, 0.5) is 5.69 Å². The van der Waals surface area contributed by atoms with E-state index in [1.165, 1.54) is 18.4 Å². The summed E-state index contributed by atoms with van der Waals surface area (Å²) in [6.45, 7) is 0. The highest BCUT2D eigenvalue weighted by molar-refractivity contribution is 14.1. The van der Waals surface area contributed by atoms with Gasteiger partial charge in [-0.3, -0.25) is 0 Å². The number of hydrogen-bond acceptors (Lipinski definition) is 4. The molecule has 0 fully saturated rings. The van der Waals surface area contributed by atoms with E-state index < -0.39 is 5.97 Å². The first-order chi connectivity index (χ1) is 8.52. The summed E-state index contributed by atoms with van der Waals surface area (Å²) >= 11 is 9.51. The van der Waals surface area contributed by atoms with Crippen molar-refractivity contribution in [2.75, 3.05) is 12.8 Å². The Balaban J connectivity index is 2.52. The van der Waals surface area contributed by atoms with Crippen molar-refractivity contribution in [3.63, 3.8) is 0 Å². The second-order valence-corrected chi connectivity index (χ2v) is 6.16. The number of anilines is 1. The first-order valence-electron chi connectivity index (χ1n) is 4.96. The van der Waals surface area contributed by atoms with Gasteiger partial charge in [0.05, 0.1) is 12.8 Å². The normalized spacial score (nSPS) is 10.4. The predicted molar refractivity (Wildman–Crippen MR) is 83.2 cm³/mol. The molecule has 0 saturated heterocycles. The minimum atomic E-state index is -0.416. The molecule has 1 aromatic heterocycles. The number of rotatable bonds is 2. The fourth-order valence-corrected chi connectivity index (χ4v) is 3.49. The zero-order valence-electron chi connectivity index (χ0n) is 9.37. The van der Waals surface area contributed by atoms with Gasteiger partial charge in [-0.25, -0.2) is 4.79 Å². The number of nitrogen functional groups attached to an aromatic ring is 1. The Labute approximate surface area is 127 Å². The Morgan fingerprint density at radius 3 is 2.83 bits per heavy atom. The van der Waals surface area contributed by atoms with Gasteiger partial charge >= 0.3 is 5.97 Å². The Kier molecular flexibility index (Phi) is 4.14. The number of halogens is 2. The molecule has 2 N–H and O–H groups in total. The van der Waals surface area contributed by atoms with Gasteiger partial charge in [0.25, 0.3) is 0 Å². The number of carbonyl (C=O) groups excluding carboxylic acids is 1. The molecule has 1 aromatic carbocycles. The summed E-state index contributed by atoms with van der Waals surface area (Å²) < 4.78 is 5.73. The highest BCUT2D eigenvalue weighted by Gasteiger charge is 2.16. The first-order valence-corrected chi connectivity index (χ1v) is 7.23. The van der Waals surface area contributed by atoms with Crippen LogP contribution >= 0.6 is 45.5 Å². The van der Waals surface area contributed by atoms with Gasteiger partial charge in [0.15, 0.2) is 0 Å². The number of esters is 1. The Morgan fingerprint density at radius 1 is 1.44 bits per heavy atom. The number of ether oxygens (including phenoxy) is 1. The molecule has 18 heavy (non-hydrogen) atoms. The molecule has 2 rings (SSSR count). The van der Waals surface area contributed by atoms with Crippen LogP contribution in [0.25, 0.3) is 10.4 Å². The van der Waals surface area contributed by atoms with Crippen LogP contribution in [-0.2, 0) is 4.74 Å². The molecular formula is C12H9ClINO2S. The smallest absolute Gasteiger partial charge is 0.350 e. The highest BCUT2D eigenvalue weighted by atomic mass is 127. The number of methoxy groups -OCH3 is 1. The summed E-state index contributed by atoms with van der Waals surface area (Å²) in [4.78, 5) is 12.8. The zero-order valence-corrected chi connectivity index (χ0v) is 13.1. The topological polar surface area (TPSA) is 52.3 Å². The third-order valence-corrected chi connectivity index (χ3v) is 4.67. The summed E-state index contributed by atoms with van der Waals surface area (Å²) in [6.07, 6.45) is 0. The van der Waals surface area contributed by atoms with Crippen LogP contribution in [0, 0.1) is 3.57 Å².